The van der Waals surface area contributed by atoms with Crippen molar-refractivity contribution in [3.8, 4) is 5.88 Å². The Morgan fingerprint density at radius 2 is 2.06 bits per heavy atom. The van der Waals surface area contributed by atoms with Crippen molar-refractivity contribution in [2.45, 2.75) is 51.5 Å². The Balaban J connectivity index is 1.99. The van der Waals surface area contributed by atoms with Gasteiger partial charge >= 0.3 is 0 Å². The van der Waals surface area contributed by atoms with E-state index in [4.69, 9.17) is 15.2 Å². The lowest BCUT2D eigenvalue weighted by molar-refractivity contribution is -0.0729. The Morgan fingerprint density at radius 1 is 1.35 bits per heavy atom. The van der Waals surface area contributed by atoms with Gasteiger partial charge in [0.2, 0.25) is 5.88 Å². The van der Waals surface area contributed by atoms with Crippen LogP contribution >= 0.6 is 0 Å². The van der Waals surface area contributed by atoms with Crippen molar-refractivity contribution < 1.29 is 9.47 Å². The van der Waals surface area contributed by atoms with Crippen LogP contribution in [0.25, 0.3) is 0 Å². The molecule has 1 aliphatic heterocycles. The number of aromatic nitrogens is 1. The zero-order valence-corrected chi connectivity index (χ0v) is 10.4. The van der Waals surface area contributed by atoms with E-state index in [-0.39, 0.29) is 18.3 Å². The molecule has 1 aromatic heterocycles. The van der Waals surface area contributed by atoms with E-state index in [1.165, 1.54) is 0 Å². The van der Waals surface area contributed by atoms with E-state index >= 15 is 0 Å². The van der Waals surface area contributed by atoms with Crippen molar-refractivity contribution >= 4 is 0 Å². The van der Waals surface area contributed by atoms with Crippen LogP contribution in [0, 0.1) is 0 Å². The molecule has 4 nitrogen and oxygen atoms in total. The van der Waals surface area contributed by atoms with Crippen LogP contribution in [0.15, 0.2) is 18.2 Å². The summed E-state index contributed by atoms with van der Waals surface area (Å²) in [5.41, 5.74) is 6.42. The molecule has 1 aliphatic rings. The summed E-state index contributed by atoms with van der Waals surface area (Å²) in [4.78, 5) is 4.35. The Labute approximate surface area is 102 Å². The molecule has 1 saturated heterocycles. The zero-order chi connectivity index (χ0) is 12.3. The molecule has 94 valence electrons. The third-order valence-electron chi connectivity index (χ3n) is 2.93. The molecule has 17 heavy (non-hydrogen) atoms. The van der Waals surface area contributed by atoms with Gasteiger partial charge in [0, 0.05) is 25.5 Å². The summed E-state index contributed by atoms with van der Waals surface area (Å²) < 4.78 is 11.6. The Hall–Kier alpha value is -1.13. The summed E-state index contributed by atoms with van der Waals surface area (Å²) in [5, 5.41) is 0. The molecule has 0 aromatic carbocycles. The van der Waals surface area contributed by atoms with Gasteiger partial charge in [-0.05, 0) is 19.9 Å². The minimum atomic E-state index is 0.189. The molecule has 0 bridgehead atoms. The molecular formula is C13H20N2O2. The van der Waals surface area contributed by atoms with Gasteiger partial charge in [-0.1, -0.05) is 6.07 Å². The first-order chi connectivity index (χ1) is 8.17. The molecule has 0 radical (unpaired) electrons. The normalized spacial score (nSPS) is 29.0. The molecule has 2 N–H and O–H groups in total. The second-order valence-electron chi connectivity index (χ2n) is 4.64. The summed E-state index contributed by atoms with van der Waals surface area (Å²) >= 11 is 0. The molecule has 1 fully saturated rings. The van der Waals surface area contributed by atoms with Gasteiger partial charge < -0.3 is 15.2 Å². The van der Waals surface area contributed by atoms with Crippen LogP contribution in [0.2, 0.25) is 0 Å². The van der Waals surface area contributed by atoms with Crippen LogP contribution in [-0.2, 0) is 11.3 Å². The van der Waals surface area contributed by atoms with E-state index in [1.54, 1.807) is 0 Å². The maximum atomic E-state index is 5.89. The molecule has 2 atom stereocenters. The highest BCUT2D eigenvalue weighted by molar-refractivity contribution is 5.16. The van der Waals surface area contributed by atoms with E-state index in [2.05, 4.69) is 18.8 Å². The van der Waals surface area contributed by atoms with Crippen LogP contribution in [0.3, 0.4) is 0 Å². The predicted octanol–water partition coefficient (Wildman–Crippen LogP) is 1.88. The average Bonchev–Trinajstić information content (AvgIpc) is 2.28. The largest absolute Gasteiger partial charge is 0.474 e. The predicted molar refractivity (Wildman–Crippen MR) is 65.8 cm³/mol. The molecule has 0 aliphatic carbocycles. The molecule has 0 spiro atoms. The highest BCUT2D eigenvalue weighted by Crippen LogP contribution is 2.23. The molecule has 2 heterocycles. The van der Waals surface area contributed by atoms with E-state index < -0.39 is 0 Å². The zero-order valence-electron chi connectivity index (χ0n) is 10.4. The lowest BCUT2D eigenvalue weighted by atomic mass is 10.0. The topological polar surface area (TPSA) is 57.4 Å². The first-order valence-electron chi connectivity index (χ1n) is 6.15. The van der Waals surface area contributed by atoms with Crippen LogP contribution in [0.1, 0.15) is 32.4 Å². The maximum Gasteiger partial charge on any atom is 0.213 e. The fourth-order valence-corrected chi connectivity index (χ4v) is 2.25. The van der Waals surface area contributed by atoms with Crippen LogP contribution in [-0.4, -0.2) is 23.3 Å². The van der Waals surface area contributed by atoms with Gasteiger partial charge in [0.25, 0.3) is 0 Å². The fraction of sp³-hybridized carbons (Fsp3) is 0.615. The lowest BCUT2D eigenvalue weighted by Crippen LogP contribution is -2.35. The van der Waals surface area contributed by atoms with Gasteiger partial charge in [-0.25, -0.2) is 4.98 Å². The first-order valence-corrected chi connectivity index (χ1v) is 6.15. The average molecular weight is 236 g/mol. The lowest BCUT2D eigenvalue weighted by Gasteiger charge is -2.31. The number of nitrogens with zero attached hydrogens (tertiary/aromatic N) is 1. The second kappa shape index (κ2) is 5.47. The molecule has 1 aromatic rings. The molecule has 2 unspecified atom stereocenters. The Bertz CT molecular complexity index is 360. The quantitative estimate of drug-likeness (QED) is 0.870. The van der Waals surface area contributed by atoms with Crippen molar-refractivity contribution in [3.05, 3.63) is 23.9 Å². The second-order valence-corrected chi connectivity index (χ2v) is 4.64. The number of nitrogens with two attached hydrogens (primary N) is 1. The van der Waals surface area contributed by atoms with Crippen molar-refractivity contribution in [1.82, 2.24) is 4.98 Å². The number of rotatable bonds is 3. The van der Waals surface area contributed by atoms with Gasteiger partial charge in [0.1, 0.15) is 6.10 Å². The van der Waals surface area contributed by atoms with Gasteiger partial charge in [0.15, 0.2) is 0 Å². The molecule has 0 saturated carbocycles. The van der Waals surface area contributed by atoms with Crippen LogP contribution in [0.5, 0.6) is 5.88 Å². The number of hydrogen-bond acceptors (Lipinski definition) is 4. The van der Waals surface area contributed by atoms with Gasteiger partial charge in [-0.15, -0.1) is 0 Å². The third kappa shape index (κ3) is 3.41. The van der Waals surface area contributed by atoms with Crippen molar-refractivity contribution in [2.24, 2.45) is 5.73 Å². The van der Waals surface area contributed by atoms with E-state index in [0.717, 1.165) is 18.5 Å². The molecular weight excluding hydrogens is 216 g/mol. The number of pyridine rings is 1. The Kier molecular flexibility index (Phi) is 3.97. The van der Waals surface area contributed by atoms with Gasteiger partial charge in [-0.2, -0.15) is 0 Å². The summed E-state index contributed by atoms with van der Waals surface area (Å²) in [7, 11) is 0. The third-order valence-corrected chi connectivity index (χ3v) is 2.93. The monoisotopic (exact) mass is 236 g/mol. The summed E-state index contributed by atoms with van der Waals surface area (Å²) in [6.45, 7) is 4.60. The molecule has 4 heteroatoms. The van der Waals surface area contributed by atoms with E-state index in [1.807, 2.05) is 18.2 Å². The van der Waals surface area contributed by atoms with Gasteiger partial charge in [-0.3, -0.25) is 0 Å². The Morgan fingerprint density at radius 3 is 2.71 bits per heavy atom. The maximum absolute atomic E-state index is 5.89. The van der Waals surface area contributed by atoms with Crippen LogP contribution < -0.4 is 10.5 Å². The SMILES string of the molecule is CC1CC(Oc2cccc(CN)n2)CC(C)O1. The highest BCUT2D eigenvalue weighted by atomic mass is 16.5. The first kappa shape index (κ1) is 12.3. The number of ether oxygens (including phenoxy) is 2. The minimum absolute atomic E-state index is 0.189. The standard InChI is InChI=1S/C13H20N2O2/c1-9-6-12(7-10(2)16-9)17-13-5-3-4-11(8-14)15-13/h3-5,9-10,12H,6-8,14H2,1-2H3. The molecule has 2 rings (SSSR count). The minimum Gasteiger partial charge on any atom is -0.474 e. The van der Waals surface area contributed by atoms with Crippen LogP contribution in [0.4, 0.5) is 0 Å². The van der Waals surface area contributed by atoms with E-state index in [9.17, 15) is 0 Å². The van der Waals surface area contributed by atoms with Crippen molar-refractivity contribution in [2.75, 3.05) is 0 Å². The summed E-state index contributed by atoms with van der Waals surface area (Å²) in [6.07, 6.45) is 2.52. The summed E-state index contributed by atoms with van der Waals surface area (Å²) in [6, 6.07) is 5.71. The van der Waals surface area contributed by atoms with Crippen molar-refractivity contribution in [1.29, 1.82) is 0 Å². The van der Waals surface area contributed by atoms with Crippen molar-refractivity contribution in [3.63, 3.8) is 0 Å². The number of hydrogen-bond donors (Lipinski definition) is 1. The van der Waals surface area contributed by atoms with Gasteiger partial charge in [0.05, 0.1) is 17.9 Å². The van der Waals surface area contributed by atoms with E-state index in [0.29, 0.717) is 12.4 Å². The smallest absolute Gasteiger partial charge is 0.213 e. The molecule has 0 amide bonds. The highest BCUT2D eigenvalue weighted by Gasteiger charge is 2.26. The summed E-state index contributed by atoms with van der Waals surface area (Å²) in [5.74, 6) is 0.666. The fourth-order valence-electron chi connectivity index (χ4n) is 2.25.